The molecule has 0 spiro atoms. The van der Waals surface area contributed by atoms with Crippen molar-refractivity contribution >= 4 is 11.8 Å². The molecule has 2 aliphatic rings. The van der Waals surface area contributed by atoms with Crippen LogP contribution in [0.2, 0.25) is 0 Å². The average molecular weight is 192 g/mol. The topological polar surface area (TPSA) is 0 Å². The molecule has 1 aliphatic heterocycles. The van der Waals surface area contributed by atoms with Crippen LogP contribution < -0.4 is 0 Å². The molecule has 1 heterocycles. The van der Waals surface area contributed by atoms with Gasteiger partial charge < -0.3 is 0 Å². The lowest BCUT2D eigenvalue weighted by Crippen LogP contribution is -2.23. The van der Waals surface area contributed by atoms with Crippen LogP contribution in [0.4, 0.5) is 0 Å². The van der Waals surface area contributed by atoms with Gasteiger partial charge in [-0.05, 0) is 26.0 Å². The zero-order valence-corrected chi connectivity index (χ0v) is 9.10. The van der Waals surface area contributed by atoms with Crippen LogP contribution in [-0.4, -0.2) is 11.0 Å². The van der Waals surface area contributed by atoms with Crippen LogP contribution in [0.1, 0.15) is 20.3 Å². The molecule has 0 aromatic carbocycles. The minimum atomic E-state index is 0.689. The van der Waals surface area contributed by atoms with Gasteiger partial charge >= 0.3 is 0 Å². The third-order valence-electron chi connectivity index (χ3n) is 2.81. The summed E-state index contributed by atoms with van der Waals surface area (Å²) in [5.74, 6) is 1.98. The Labute approximate surface area is 84.8 Å². The predicted molar refractivity (Wildman–Crippen MR) is 61.0 cm³/mol. The fourth-order valence-corrected chi connectivity index (χ4v) is 3.39. The summed E-state index contributed by atoms with van der Waals surface area (Å²) in [6.07, 6.45) is 10.4. The van der Waals surface area contributed by atoms with Crippen LogP contribution in [0, 0.1) is 5.92 Å². The van der Waals surface area contributed by atoms with E-state index in [0.717, 1.165) is 0 Å². The van der Waals surface area contributed by atoms with Crippen LogP contribution in [0.25, 0.3) is 0 Å². The molecular weight excluding hydrogens is 176 g/mol. The van der Waals surface area contributed by atoms with Gasteiger partial charge in [0.15, 0.2) is 0 Å². The summed E-state index contributed by atoms with van der Waals surface area (Å²) in [7, 11) is 0. The van der Waals surface area contributed by atoms with Gasteiger partial charge in [0.2, 0.25) is 0 Å². The van der Waals surface area contributed by atoms with E-state index in [4.69, 9.17) is 0 Å². The van der Waals surface area contributed by atoms with Crippen molar-refractivity contribution in [1.29, 1.82) is 0 Å². The van der Waals surface area contributed by atoms with Crippen molar-refractivity contribution in [3.05, 3.63) is 35.5 Å². The molecule has 1 heteroatoms. The lowest BCUT2D eigenvalue weighted by Gasteiger charge is -2.32. The summed E-state index contributed by atoms with van der Waals surface area (Å²) >= 11 is 2.10. The van der Waals surface area contributed by atoms with Crippen molar-refractivity contribution in [1.82, 2.24) is 0 Å². The van der Waals surface area contributed by atoms with E-state index in [1.165, 1.54) is 17.7 Å². The zero-order chi connectivity index (χ0) is 9.26. The predicted octanol–water partition coefficient (Wildman–Crippen LogP) is 3.57. The van der Waals surface area contributed by atoms with E-state index in [1.54, 1.807) is 5.57 Å². The van der Waals surface area contributed by atoms with E-state index in [0.29, 0.717) is 11.2 Å². The summed E-state index contributed by atoms with van der Waals surface area (Å²) in [6, 6.07) is 0. The molecule has 0 N–H and O–H groups in total. The smallest absolute Gasteiger partial charge is 0.0330 e. The number of hydrogen-bond donors (Lipinski definition) is 0. The third kappa shape index (κ3) is 1.76. The largest absolute Gasteiger partial charge is 0.153 e. The molecule has 13 heavy (non-hydrogen) atoms. The van der Waals surface area contributed by atoms with E-state index in [2.05, 4.69) is 49.9 Å². The van der Waals surface area contributed by atoms with Gasteiger partial charge in [0, 0.05) is 11.2 Å². The normalized spacial score (nSPS) is 31.7. The molecule has 0 bridgehead atoms. The van der Waals surface area contributed by atoms with Gasteiger partial charge in [0.05, 0.1) is 0 Å². The Kier molecular flexibility index (Phi) is 2.63. The van der Waals surface area contributed by atoms with Crippen molar-refractivity contribution in [2.24, 2.45) is 5.92 Å². The van der Waals surface area contributed by atoms with Crippen molar-refractivity contribution in [2.45, 2.75) is 25.5 Å². The molecule has 1 fully saturated rings. The number of allylic oxidation sites excluding steroid dienone is 5. The molecule has 2 atom stereocenters. The second kappa shape index (κ2) is 3.75. The standard InChI is InChI=1S/C12H16S/c1-9(2)10-7-8-13-12-6-4-3-5-11(10)12/h3-6,11-12H,7-8H2,1-2H3. The highest BCUT2D eigenvalue weighted by molar-refractivity contribution is 8.00. The van der Waals surface area contributed by atoms with E-state index in [9.17, 15) is 0 Å². The first-order valence-corrected chi connectivity index (χ1v) is 5.97. The molecule has 0 aromatic rings. The Morgan fingerprint density at radius 2 is 2.08 bits per heavy atom. The van der Waals surface area contributed by atoms with Gasteiger partial charge in [-0.25, -0.2) is 0 Å². The van der Waals surface area contributed by atoms with Gasteiger partial charge in [-0.15, -0.1) is 0 Å². The Bertz CT molecular complexity index is 279. The minimum absolute atomic E-state index is 0.689. The molecule has 1 aliphatic carbocycles. The Balaban J connectivity index is 2.28. The van der Waals surface area contributed by atoms with E-state index in [1.807, 2.05) is 0 Å². The molecule has 0 amide bonds. The van der Waals surface area contributed by atoms with E-state index < -0.39 is 0 Å². The molecule has 2 unspecified atom stereocenters. The second-order valence-corrected chi connectivity index (χ2v) is 5.19. The maximum Gasteiger partial charge on any atom is 0.0330 e. The Morgan fingerprint density at radius 3 is 2.85 bits per heavy atom. The van der Waals surface area contributed by atoms with Crippen molar-refractivity contribution in [2.75, 3.05) is 5.75 Å². The number of hydrogen-bond acceptors (Lipinski definition) is 1. The highest BCUT2D eigenvalue weighted by Crippen LogP contribution is 2.39. The highest BCUT2D eigenvalue weighted by Gasteiger charge is 2.27. The quantitative estimate of drug-likeness (QED) is 0.529. The SMILES string of the molecule is CC(C)=C1CCSC2C=CC=CC12. The summed E-state index contributed by atoms with van der Waals surface area (Å²) < 4.78 is 0. The maximum atomic E-state index is 2.36. The molecule has 0 radical (unpaired) electrons. The lowest BCUT2D eigenvalue weighted by atomic mass is 9.87. The molecule has 0 aromatic heterocycles. The van der Waals surface area contributed by atoms with Gasteiger partial charge in [-0.1, -0.05) is 35.5 Å². The Hall–Kier alpha value is -0.430. The first-order chi connectivity index (χ1) is 6.29. The minimum Gasteiger partial charge on any atom is -0.153 e. The lowest BCUT2D eigenvalue weighted by molar-refractivity contribution is 0.716. The van der Waals surface area contributed by atoms with Crippen molar-refractivity contribution in [3.8, 4) is 0 Å². The summed E-state index contributed by atoms with van der Waals surface area (Å²) in [4.78, 5) is 0. The molecule has 0 nitrogen and oxygen atoms in total. The molecular formula is C12H16S. The summed E-state index contributed by atoms with van der Waals surface area (Å²) in [5.41, 5.74) is 3.19. The van der Waals surface area contributed by atoms with Gasteiger partial charge in [0.1, 0.15) is 0 Å². The molecule has 0 saturated carbocycles. The van der Waals surface area contributed by atoms with Crippen LogP contribution in [-0.2, 0) is 0 Å². The van der Waals surface area contributed by atoms with Crippen molar-refractivity contribution in [3.63, 3.8) is 0 Å². The first-order valence-electron chi connectivity index (χ1n) is 4.92. The van der Waals surface area contributed by atoms with E-state index in [-0.39, 0.29) is 0 Å². The monoisotopic (exact) mass is 192 g/mol. The summed E-state index contributed by atoms with van der Waals surface area (Å²) in [6.45, 7) is 4.49. The van der Waals surface area contributed by atoms with Gasteiger partial charge in [-0.3, -0.25) is 0 Å². The number of fused-ring (bicyclic) bond motifs is 1. The van der Waals surface area contributed by atoms with Gasteiger partial charge in [-0.2, -0.15) is 11.8 Å². The van der Waals surface area contributed by atoms with Gasteiger partial charge in [0.25, 0.3) is 0 Å². The number of rotatable bonds is 0. The van der Waals surface area contributed by atoms with Crippen LogP contribution in [0.5, 0.6) is 0 Å². The Morgan fingerprint density at radius 1 is 1.31 bits per heavy atom. The fourth-order valence-electron chi connectivity index (χ4n) is 2.12. The first kappa shape index (κ1) is 9.14. The summed E-state index contributed by atoms with van der Waals surface area (Å²) in [5, 5.41) is 0.712. The maximum absolute atomic E-state index is 2.36. The van der Waals surface area contributed by atoms with Crippen molar-refractivity contribution < 1.29 is 0 Å². The highest BCUT2D eigenvalue weighted by atomic mass is 32.2. The zero-order valence-electron chi connectivity index (χ0n) is 8.29. The third-order valence-corrected chi connectivity index (χ3v) is 4.09. The molecule has 2 rings (SSSR count). The molecule has 70 valence electrons. The van der Waals surface area contributed by atoms with Crippen LogP contribution >= 0.6 is 11.8 Å². The molecule has 1 saturated heterocycles. The average Bonchev–Trinajstić information content (AvgIpc) is 2.17. The van der Waals surface area contributed by atoms with E-state index >= 15 is 0 Å². The van der Waals surface area contributed by atoms with Crippen LogP contribution in [0.3, 0.4) is 0 Å². The fraction of sp³-hybridized carbons (Fsp3) is 0.500. The van der Waals surface area contributed by atoms with Crippen LogP contribution in [0.15, 0.2) is 35.5 Å². The second-order valence-electron chi connectivity index (χ2n) is 3.91. The number of thioether (sulfide) groups is 1.